The van der Waals surface area contributed by atoms with Gasteiger partial charge in [-0.3, -0.25) is 10.9 Å². The van der Waals surface area contributed by atoms with Gasteiger partial charge >= 0.3 is 0 Å². The summed E-state index contributed by atoms with van der Waals surface area (Å²) in [5.74, 6) is -0.250. The highest BCUT2D eigenvalue weighted by Crippen LogP contribution is 2.19. The van der Waals surface area contributed by atoms with Crippen molar-refractivity contribution in [2.45, 2.75) is 27.3 Å². The van der Waals surface area contributed by atoms with E-state index in [1.807, 2.05) is 26.8 Å². The normalized spacial score (nSPS) is 11.8. The van der Waals surface area contributed by atoms with Crippen molar-refractivity contribution in [2.75, 3.05) is 14.1 Å². The summed E-state index contributed by atoms with van der Waals surface area (Å²) in [4.78, 5) is 0. The molecule has 0 unspecified atom stereocenters. The second kappa shape index (κ2) is 10.8. The number of rotatable bonds is 6. The third-order valence-corrected chi connectivity index (χ3v) is 5.06. The SMILES string of the molecule is CNC(=S)N/N=C(C)/C(=N/NC(=S)NC)c1cc(C)n(Cc2ccc(F)cc2)c1C. The molecule has 0 saturated heterocycles. The van der Waals surface area contributed by atoms with E-state index < -0.39 is 0 Å². The lowest BCUT2D eigenvalue weighted by atomic mass is 10.1. The molecule has 0 aliphatic carbocycles. The predicted octanol–water partition coefficient (Wildman–Crippen LogP) is 2.56. The molecule has 0 amide bonds. The van der Waals surface area contributed by atoms with Crippen molar-refractivity contribution in [3.8, 4) is 0 Å². The van der Waals surface area contributed by atoms with Gasteiger partial charge < -0.3 is 15.2 Å². The second-order valence-corrected chi connectivity index (χ2v) is 7.35. The van der Waals surface area contributed by atoms with Gasteiger partial charge in [0.1, 0.15) is 11.5 Å². The van der Waals surface area contributed by atoms with E-state index in [2.05, 4.69) is 36.3 Å². The maximum atomic E-state index is 13.2. The zero-order chi connectivity index (χ0) is 22.3. The van der Waals surface area contributed by atoms with Crippen LogP contribution in [0, 0.1) is 19.7 Å². The molecule has 0 aliphatic heterocycles. The van der Waals surface area contributed by atoms with Gasteiger partial charge in [-0.05, 0) is 69.0 Å². The van der Waals surface area contributed by atoms with Gasteiger partial charge in [0, 0.05) is 37.6 Å². The van der Waals surface area contributed by atoms with Gasteiger partial charge in [-0.15, -0.1) is 0 Å². The van der Waals surface area contributed by atoms with Crippen LogP contribution >= 0.6 is 24.4 Å². The molecular weight excluding hydrogens is 421 g/mol. The number of thiocarbonyl (C=S) groups is 2. The van der Waals surface area contributed by atoms with Gasteiger partial charge in [0.15, 0.2) is 10.2 Å². The van der Waals surface area contributed by atoms with Crippen LogP contribution in [-0.2, 0) is 6.54 Å². The molecule has 7 nitrogen and oxygen atoms in total. The molecule has 4 N–H and O–H groups in total. The van der Waals surface area contributed by atoms with Gasteiger partial charge in [0.25, 0.3) is 0 Å². The highest BCUT2D eigenvalue weighted by Gasteiger charge is 2.17. The Balaban J connectivity index is 2.43. The lowest BCUT2D eigenvalue weighted by molar-refractivity contribution is 0.626. The zero-order valence-corrected chi connectivity index (χ0v) is 19.3. The van der Waals surface area contributed by atoms with Gasteiger partial charge in [0.2, 0.25) is 0 Å². The molecule has 2 aromatic rings. The third-order valence-electron chi connectivity index (χ3n) is 4.47. The molecule has 1 heterocycles. The van der Waals surface area contributed by atoms with E-state index in [0.29, 0.717) is 28.2 Å². The van der Waals surface area contributed by atoms with Crippen LogP contribution < -0.4 is 21.5 Å². The number of aromatic nitrogens is 1. The first-order valence-electron chi connectivity index (χ1n) is 9.26. The fraction of sp³-hybridized carbons (Fsp3) is 0.300. The molecule has 1 aromatic heterocycles. The van der Waals surface area contributed by atoms with E-state index in [0.717, 1.165) is 22.5 Å². The number of hydrogen-bond donors (Lipinski definition) is 4. The summed E-state index contributed by atoms with van der Waals surface area (Å²) in [7, 11) is 3.43. The van der Waals surface area contributed by atoms with E-state index in [-0.39, 0.29) is 5.82 Å². The molecule has 0 saturated carbocycles. The fourth-order valence-corrected chi connectivity index (χ4v) is 2.89. The average Bonchev–Trinajstić information content (AvgIpc) is 3.01. The molecular formula is C20H26FN7S2. The number of benzene rings is 1. The van der Waals surface area contributed by atoms with Crippen LogP contribution in [0.3, 0.4) is 0 Å². The lowest BCUT2D eigenvalue weighted by Crippen LogP contribution is -2.32. The maximum Gasteiger partial charge on any atom is 0.186 e. The Morgan fingerprint density at radius 2 is 1.57 bits per heavy atom. The van der Waals surface area contributed by atoms with Crippen LogP contribution in [0.1, 0.15) is 29.4 Å². The summed E-state index contributed by atoms with van der Waals surface area (Å²) in [6.07, 6.45) is 0. The summed E-state index contributed by atoms with van der Waals surface area (Å²) >= 11 is 10.2. The second-order valence-electron chi connectivity index (χ2n) is 6.54. The zero-order valence-electron chi connectivity index (χ0n) is 17.6. The molecule has 30 heavy (non-hydrogen) atoms. The summed E-state index contributed by atoms with van der Waals surface area (Å²) in [6.45, 7) is 6.48. The minimum atomic E-state index is -0.250. The Kier molecular flexibility index (Phi) is 8.43. The van der Waals surface area contributed by atoms with Gasteiger partial charge in [-0.25, -0.2) is 4.39 Å². The minimum absolute atomic E-state index is 0.250. The number of aryl methyl sites for hydroxylation is 1. The Morgan fingerprint density at radius 3 is 2.13 bits per heavy atom. The molecule has 2 rings (SSSR count). The predicted molar refractivity (Wildman–Crippen MR) is 129 cm³/mol. The standard InChI is InChI=1S/C20H26FN7S2/c1-12-10-17(14(3)28(12)11-15-6-8-16(21)9-7-15)18(25-27-20(30)23-5)13(2)24-26-19(29)22-4/h6-10H,11H2,1-5H3,(H2,22,26,29)(H2,23,27,30)/b24-13+,25-18-. The first kappa shape index (κ1) is 23.4. The van der Waals surface area contributed by atoms with Crippen LogP contribution in [0.2, 0.25) is 0 Å². The van der Waals surface area contributed by atoms with Crippen LogP contribution in [0.5, 0.6) is 0 Å². The van der Waals surface area contributed by atoms with Crippen LogP contribution in [0.4, 0.5) is 4.39 Å². The molecule has 1 aromatic carbocycles. The highest BCUT2D eigenvalue weighted by molar-refractivity contribution is 7.80. The average molecular weight is 448 g/mol. The summed E-state index contributed by atoms with van der Waals surface area (Å²) < 4.78 is 15.4. The Bertz CT molecular complexity index is 978. The van der Waals surface area contributed by atoms with Crippen LogP contribution in [-0.4, -0.2) is 40.3 Å². The van der Waals surface area contributed by atoms with Crippen LogP contribution in [0.15, 0.2) is 40.5 Å². The molecule has 0 aliphatic rings. The number of nitrogens with zero attached hydrogens (tertiary/aromatic N) is 3. The fourth-order valence-electron chi connectivity index (χ4n) is 2.80. The number of hydrogen-bond acceptors (Lipinski definition) is 4. The third kappa shape index (κ3) is 6.07. The topological polar surface area (TPSA) is 77.8 Å². The molecule has 0 bridgehead atoms. The van der Waals surface area contributed by atoms with Crippen molar-refractivity contribution in [1.29, 1.82) is 0 Å². The number of halogens is 1. The van der Waals surface area contributed by atoms with Crippen molar-refractivity contribution >= 4 is 46.1 Å². The highest BCUT2D eigenvalue weighted by atomic mass is 32.1. The lowest BCUT2D eigenvalue weighted by Gasteiger charge is -2.12. The Labute approximate surface area is 186 Å². The van der Waals surface area contributed by atoms with E-state index >= 15 is 0 Å². The number of hydrazone groups is 2. The molecule has 160 valence electrons. The van der Waals surface area contributed by atoms with Gasteiger partial charge in [-0.2, -0.15) is 10.2 Å². The molecule has 0 atom stereocenters. The summed E-state index contributed by atoms with van der Waals surface area (Å²) in [5, 5.41) is 15.2. The van der Waals surface area contributed by atoms with E-state index in [1.54, 1.807) is 26.2 Å². The number of nitrogens with one attached hydrogen (secondary N) is 4. The Hall–Kier alpha value is -2.85. The van der Waals surface area contributed by atoms with Gasteiger partial charge in [-0.1, -0.05) is 12.1 Å². The molecule has 10 heteroatoms. The first-order valence-corrected chi connectivity index (χ1v) is 10.1. The van der Waals surface area contributed by atoms with Crippen molar-refractivity contribution in [3.63, 3.8) is 0 Å². The van der Waals surface area contributed by atoms with E-state index in [4.69, 9.17) is 24.4 Å². The smallest absolute Gasteiger partial charge is 0.186 e. The van der Waals surface area contributed by atoms with Crippen molar-refractivity contribution in [1.82, 2.24) is 26.1 Å². The van der Waals surface area contributed by atoms with Crippen LogP contribution in [0.25, 0.3) is 0 Å². The van der Waals surface area contributed by atoms with Crippen molar-refractivity contribution in [3.05, 3.63) is 58.7 Å². The summed E-state index contributed by atoms with van der Waals surface area (Å²) in [5.41, 5.74) is 10.8. The quantitative estimate of drug-likeness (QED) is 0.310. The molecule has 0 radical (unpaired) electrons. The molecule has 0 fully saturated rings. The first-order chi connectivity index (χ1) is 14.3. The van der Waals surface area contributed by atoms with Gasteiger partial charge in [0.05, 0.1) is 5.71 Å². The van der Waals surface area contributed by atoms with Crippen molar-refractivity contribution < 1.29 is 4.39 Å². The molecule has 0 spiro atoms. The summed E-state index contributed by atoms with van der Waals surface area (Å²) in [6, 6.07) is 8.54. The minimum Gasteiger partial charge on any atom is -0.364 e. The largest absolute Gasteiger partial charge is 0.364 e. The Morgan fingerprint density at radius 1 is 1.00 bits per heavy atom. The van der Waals surface area contributed by atoms with E-state index in [9.17, 15) is 4.39 Å². The monoisotopic (exact) mass is 447 g/mol. The van der Waals surface area contributed by atoms with Crippen molar-refractivity contribution in [2.24, 2.45) is 10.2 Å². The van der Waals surface area contributed by atoms with E-state index in [1.165, 1.54) is 12.1 Å². The maximum absolute atomic E-state index is 13.2.